The van der Waals surface area contributed by atoms with Crippen molar-refractivity contribution >= 4 is 5.97 Å². The number of rotatable bonds is 10. The van der Waals surface area contributed by atoms with Crippen LogP contribution < -0.4 is 4.74 Å². The summed E-state index contributed by atoms with van der Waals surface area (Å²) >= 11 is 0. The van der Waals surface area contributed by atoms with E-state index in [9.17, 15) is 25.1 Å². The Morgan fingerprint density at radius 1 is 1.27 bits per heavy atom. The highest BCUT2D eigenvalue weighted by Crippen LogP contribution is 2.55. The predicted molar refractivity (Wildman–Crippen MR) is 123 cm³/mol. The minimum atomic E-state index is -0.901. The van der Waals surface area contributed by atoms with Crippen LogP contribution in [0.1, 0.15) is 89.7 Å². The van der Waals surface area contributed by atoms with E-state index in [0.717, 1.165) is 36.8 Å². The number of allylic oxidation sites excluding steroid dienone is 1. The predicted octanol–water partition coefficient (Wildman–Crippen LogP) is 5.50. The monoisotopic (exact) mass is 461 g/mol. The zero-order valence-electron chi connectivity index (χ0n) is 19.9. The van der Waals surface area contributed by atoms with Crippen molar-refractivity contribution in [3.8, 4) is 11.5 Å². The van der Waals surface area contributed by atoms with Crippen molar-refractivity contribution in [1.29, 1.82) is 0 Å². The molecule has 0 bridgehead atoms. The van der Waals surface area contributed by atoms with Gasteiger partial charge in [0, 0.05) is 23.0 Å². The maximum Gasteiger partial charge on any atom is 0.331 e. The third-order valence-electron chi connectivity index (χ3n) is 7.25. The smallest absolute Gasteiger partial charge is 0.331 e. The van der Waals surface area contributed by atoms with Crippen LogP contribution >= 0.6 is 0 Å². The number of aliphatic carboxylic acids is 1. The van der Waals surface area contributed by atoms with Crippen LogP contribution in [0.2, 0.25) is 0 Å². The molecule has 0 unspecified atom stereocenters. The van der Waals surface area contributed by atoms with Crippen LogP contribution in [0.3, 0.4) is 0 Å². The molecule has 2 atom stereocenters. The lowest BCUT2D eigenvalue weighted by molar-refractivity contribution is -0.757. The quantitative estimate of drug-likeness (QED) is 0.268. The lowest BCUT2D eigenvalue weighted by atomic mass is 9.66. The van der Waals surface area contributed by atoms with E-state index in [0.29, 0.717) is 30.6 Å². The summed E-state index contributed by atoms with van der Waals surface area (Å²) in [6.07, 6.45) is 7.08. The van der Waals surface area contributed by atoms with Crippen LogP contribution in [-0.2, 0) is 15.0 Å². The first kappa shape index (κ1) is 24.9. The van der Waals surface area contributed by atoms with Gasteiger partial charge in [-0.1, -0.05) is 39.2 Å². The first-order valence-corrected chi connectivity index (χ1v) is 11.7. The Balaban J connectivity index is 1.74. The van der Waals surface area contributed by atoms with Gasteiger partial charge in [0.15, 0.2) is 0 Å². The van der Waals surface area contributed by atoms with Gasteiger partial charge < -0.3 is 19.8 Å². The maximum absolute atomic E-state index is 11.6. The van der Waals surface area contributed by atoms with Crippen molar-refractivity contribution < 1.29 is 29.7 Å². The van der Waals surface area contributed by atoms with Crippen molar-refractivity contribution in [3.05, 3.63) is 45.0 Å². The molecule has 0 aromatic heterocycles. The number of unbranched alkanes of at least 4 members (excludes halogenated alkanes) is 3. The number of phenolic OH excluding ortho intramolecular Hbond substituents is 1. The van der Waals surface area contributed by atoms with E-state index in [-0.39, 0.29) is 29.6 Å². The van der Waals surface area contributed by atoms with Gasteiger partial charge in [-0.05, 0) is 62.6 Å². The molecule has 2 N–H and O–H groups in total. The number of hydrogen-bond acceptors (Lipinski definition) is 6. The first-order valence-electron chi connectivity index (χ1n) is 11.7. The fraction of sp³-hybridized carbons (Fsp3) is 0.640. The summed E-state index contributed by atoms with van der Waals surface area (Å²) in [7, 11) is 0. The standard InChI is InChI=1S/C25H35NO7/c1-24(2,11-7-5-6-8-12-32-26(30)31)17-14-20(27)22-18-13-16(23(28)29)9-10-19(18)25(3,4)33-21(22)15-17/h9,14-15,18-19,27H,5-8,10-13H2,1-4H3,(H,28,29)/t18-,19-/m1/s1. The van der Waals surface area contributed by atoms with E-state index in [4.69, 9.17) is 4.74 Å². The SMILES string of the molecule is CC(C)(CCCCCCO[N+](=O)[O-])c1cc(O)c2c(c1)OC(C)(C)[C@@H]1CC=C(C(=O)O)C[C@@H]21. The molecule has 2 aliphatic rings. The molecule has 1 aromatic rings. The fourth-order valence-electron chi connectivity index (χ4n) is 5.27. The number of benzene rings is 1. The highest BCUT2D eigenvalue weighted by Gasteiger charge is 2.47. The summed E-state index contributed by atoms with van der Waals surface area (Å²) in [5.41, 5.74) is 1.42. The molecule has 1 aliphatic heterocycles. The van der Waals surface area contributed by atoms with Gasteiger partial charge in [-0.2, -0.15) is 0 Å². The van der Waals surface area contributed by atoms with Gasteiger partial charge in [0.25, 0.3) is 5.09 Å². The number of hydrogen-bond donors (Lipinski definition) is 2. The van der Waals surface area contributed by atoms with E-state index < -0.39 is 16.7 Å². The normalized spacial score (nSPS) is 21.3. The topological polar surface area (TPSA) is 119 Å². The molecular weight excluding hydrogens is 426 g/mol. The molecule has 182 valence electrons. The number of ether oxygens (including phenoxy) is 1. The van der Waals surface area contributed by atoms with Gasteiger partial charge in [-0.3, -0.25) is 0 Å². The van der Waals surface area contributed by atoms with Crippen LogP contribution in [0, 0.1) is 16.0 Å². The van der Waals surface area contributed by atoms with Crippen molar-refractivity contribution in [2.45, 2.75) is 89.6 Å². The second-order valence-electron chi connectivity index (χ2n) is 10.4. The molecule has 0 radical (unpaired) electrons. The number of nitrogens with zero attached hydrogens (tertiary/aromatic N) is 1. The Kier molecular flexibility index (Phi) is 7.24. The molecule has 8 heteroatoms. The Morgan fingerprint density at radius 3 is 2.64 bits per heavy atom. The van der Waals surface area contributed by atoms with E-state index in [1.165, 1.54) is 0 Å². The molecule has 1 aromatic carbocycles. The number of aromatic hydroxyl groups is 1. The first-order chi connectivity index (χ1) is 15.4. The van der Waals surface area contributed by atoms with Crippen molar-refractivity contribution in [3.63, 3.8) is 0 Å². The van der Waals surface area contributed by atoms with E-state index in [1.807, 2.05) is 19.9 Å². The summed E-state index contributed by atoms with van der Waals surface area (Å²) in [5, 5.41) is 30.0. The molecule has 8 nitrogen and oxygen atoms in total. The average molecular weight is 462 g/mol. The number of fused-ring (bicyclic) bond motifs is 3. The second-order valence-corrected chi connectivity index (χ2v) is 10.4. The van der Waals surface area contributed by atoms with Gasteiger partial charge in [0.2, 0.25) is 0 Å². The number of carbonyl (C=O) groups is 1. The molecular formula is C25H35NO7. The van der Waals surface area contributed by atoms with Crippen LogP contribution in [0.15, 0.2) is 23.8 Å². The number of carboxylic acids is 1. The summed E-state index contributed by atoms with van der Waals surface area (Å²) in [6, 6.07) is 3.82. The molecule has 0 fully saturated rings. The van der Waals surface area contributed by atoms with Crippen molar-refractivity contribution in [2.75, 3.05) is 6.61 Å². The summed E-state index contributed by atoms with van der Waals surface area (Å²) < 4.78 is 6.38. The molecule has 0 saturated heterocycles. The Bertz CT molecular complexity index is 935. The van der Waals surface area contributed by atoms with Gasteiger partial charge in [-0.15, -0.1) is 10.1 Å². The largest absolute Gasteiger partial charge is 0.508 e. The van der Waals surface area contributed by atoms with Crippen LogP contribution in [0.4, 0.5) is 0 Å². The van der Waals surface area contributed by atoms with Crippen LogP contribution in [0.5, 0.6) is 11.5 Å². The van der Waals surface area contributed by atoms with Gasteiger partial charge in [0.05, 0.1) is 6.61 Å². The van der Waals surface area contributed by atoms with Crippen LogP contribution in [0.25, 0.3) is 0 Å². The van der Waals surface area contributed by atoms with Crippen molar-refractivity contribution in [1.82, 2.24) is 0 Å². The lowest BCUT2D eigenvalue weighted by Gasteiger charge is -2.47. The maximum atomic E-state index is 11.6. The molecule has 1 heterocycles. The lowest BCUT2D eigenvalue weighted by Crippen LogP contribution is -2.46. The fourth-order valence-corrected chi connectivity index (χ4v) is 5.27. The van der Waals surface area contributed by atoms with E-state index >= 15 is 0 Å². The average Bonchev–Trinajstić information content (AvgIpc) is 2.71. The van der Waals surface area contributed by atoms with E-state index in [2.05, 4.69) is 18.7 Å². The zero-order valence-corrected chi connectivity index (χ0v) is 19.9. The zero-order chi connectivity index (χ0) is 24.4. The van der Waals surface area contributed by atoms with Gasteiger partial charge in [-0.25, -0.2) is 4.79 Å². The Hall–Kier alpha value is -2.77. The number of phenols is 1. The molecule has 1 aliphatic carbocycles. The number of carboxylic acid groups (broad SMARTS) is 1. The molecule has 33 heavy (non-hydrogen) atoms. The van der Waals surface area contributed by atoms with Gasteiger partial charge >= 0.3 is 5.97 Å². The van der Waals surface area contributed by atoms with Gasteiger partial charge in [0.1, 0.15) is 17.1 Å². The highest BCUT2D eigenvalue weighted by atomic mass is 16.9. The van der Waals surface area contributed by atoms with E-state index in [1.54, 1.807) is 12.1 Å². The summed E-state index contributed by atoms with van der Waals surface area (Å²) in [4.78, 5) is 26.1. The summed E-state index contributed by atoms with van der Waals surface area (Å²) in [6.45, 7) is 8.46. The molecule has 0 amide bonds. The Morgan fingerprint density at radius 2 is 1.97 bits per heavy atom. The molecule has 3 rings (SSSR count). The highest BCUT2D eigenvalue weighted by molar-refractivity contribution is 5.87. The molecule has 0 saturated carbocycles. The Labute approximate surface area is 194 Å². The molecule has 0 spiro atoms. The minimum absolute atomic E-state index is 0.0946. The minimum Gasteiger partial charge on any atom is -0.508 e. The third kappa shape index (κ3) is 5.60. The third-order valence-corrected chi connectivity index (χ3v) is 7.25. The second kappa shape index (κ2) is 9.61. The van der Waals surface area contributed by atoms with Crippen molar-refractivity contribution in [2.24, 2.45) is 5.92 Å². The van der Waals surface area contributed by atoms with Crippen LogP contribution in [-0.4, -0.2) is 33.5 Å². The summed E-state index contributed by atoms with van der Waals surface area (Å²) in [5.74, 6) is -0.0884.